The third-order valence-corrected chi connectivity index (χ3v) is 6.15. The van der Waals surface area contributed by atoms with E-state index in [-0.39, 0.29) is 29.4 Å². The first-order valence-electron chi connectivity index (χ1n) is 11.9. The highest BCUT2D eigenvalue weighted by Crippen LogP contribution is 2.36. The summed E-state index contributed by atoms with van der Waals surface area (Å²) in [6.45, 7) is 2.63. The van der Waals surface area contributed by atoms with Crippen LogP contribution in [0.4, 0.5) is 24.5 Å². The highest BCUT2D eigenvalue weighted by molar-refractivity contribution is 5.82. The summed E-state index contributed by atoms with van der Waals surface area (Å²) in [6.07, 6.45) is 2.31. The standard InChI is InChI=1S/C26H23F3N6O4/c1-37-23-9-20(17-8-19(13-30-11-17)34-4-6-38-7-5-34)21(27)10-22(23)35(15-36)14-18-3-2-16(12-31-18)25-32-33-26(39-25)24(28)29/h2-3,8-13,15,24H,4-7,14H2,1H3. The normalized spacial score (nSPS) is 13.5. The zero-order valence-corrected chi connectivity index (χ0v) is 20.8. The number of nitrogens with zero attached hydrogens (tertiary/aromatic N) is 6. The van der Waals surface area contributed by atoms with E-state index in [1.54, 1.807) is 24.5 Å². The van der Waals surface area contributed by atoms with E-state index in [2.05, 4.69) is 25.1 Å². The number of hydrogen-bond donors (Lipinski definition) is 0. The number of alkyl halides is 2. The number of methoxy groups -OCH3 is 1. The van der Waals surface area contributed by atoms with Crippen molar-refractivity contribution in [1.82, 2.24) is 20.2 Å². The molecule has 39 heavy (non-hydrogen) atoms. The molecule has 0 saturated carbocycles. The first-order valence-corrected chi connectivity index (χ1v) is 11.9. The van der Waals surface area contributed by atoms with Crippen molar-refractivity contribution in [3.05, 3.63) is 66.3 Å². The Morgan fingerprint density at radius 1 is 1.10 bits per heavy atom. The van der Waals surface area contributed by atoms with Crippen LogP contribution in [0.1, 0.15) is 18.0 Å². The van der Waals surface area contributed by atoms with Crippen molar-refractivity contribution in [2.45, 2.75) is 13.0 Å². The molecule has 0 atom stereocenters. The van der Waals surface area contributed by atoms with Crippen LogP contribution >= 0.6 is 0 Å². The van der Waals surface area contributed by atoms with E-state index < -0.39 is 18.1 Å². The minimum Gasteiger partial charge on any atom is -0.495 e. The van der Waals surface area contributed by atoms with Crippen LogP contribution in [-0.2, 0) is 16.1 Å². The number of pyridine rings is 2. The Morgan fingerprint density at radius 2 is 1.92 bits per heavy atom. The van der Waals surface area contributed by atoms with Gasteiger partial charge >= 0.3 is 6.43 Å². The second-order valence-electron chi connectivity index (χ2n) is 8.55. The van der Waals surface area contributed by atoms with Crippen LogP contribution in [0, 0.1) is 5.82 Å². The third-order valence-electron chi connectivity index (χ3n) is 6.15. The third kappa shape index (κ3) is 5.67. The number of ether oxygens (including phenoxy) is 2. The molecule has 0 bridgehead atoms. The number of anilines is 2. The molecule has 202 valence electrons. The fraction of sp³-hybridized carbons (Fsp3) is 0.269. The Bertz CT molecular complexity index is 1440. The predicted octanol–water partition coefficient (Wildman–Crippen LogP) is 4.28. The molecule has 0 N–H and O–H groups in total. The number of amides is 1. The number of rotatable bonds is 9. The Hall–Kier alpha value is -4.52. The summed E-state index contributed by atoms with van der Waals surface area (Å²) in [6, 6.07) is 7.71. The maximum atomic E-state index is 15.4. The first kappa shape index (κ1) is 26.1. The second kappa shape index (κ2) is 11.5. The minimum absolute atomic E-state index is 0.0148. The van der Waals surface area contributed by atoms with Crippen molar-refractivity contribution in [2.75, 3.05) is 43.2 Å². The summed E-state index contributed by atoms with van der Waals surface area (Å²) in [5.74, 6) is -1.18. The smallest absolute Gasteiger partial charge is 0.314 e. The Morgan fingerprint density at radius 3 is 2.59 bits per heavy atom. The van der Waals surface area contributed by atoms with Crippen molar-refractivity contribution >= 4 is 17.8 Å². The molecule has 1 amide bonds. The summed E-state index contributed by atoms with van der Waals surface area (Å²) in [5, 5.41) is 6.88. The zero-order chi connectivity index (χ0) is 27.4. The molecule has 1 aliphatic rings. The maximum Gasteiger partial charge on any atom is 0.314 e. The van der Waals surface area contributed by atoms with Crippen molar-refractivity contribution in [3.8, 4) is 28.3 Å². The molecule has 1 fully saturated rings. The zero-order valence-electron chi connectivity index (χ0n) is 20.8. The molecular weight excluding hydrogens is 517 g/mol. The number of benzene rings is 1. The molecule has 0 spiro atoms. The molecule has 5 rings (SSSR count). The average molecular weight is 541 g/mol. The Kier molecular flexibility index (Phi) is 7.68. The largest absolute Gasteiger partial charge is 0.495 e. The van der Waals surface area contributed by atoms with Gasteiger partial charge in [0.1, 0.15) is 11.6 Å². The minimum atomic E-state index is -2.88. The molecule has 10 nitrogen and oxygen atoms in total. The van der Waals surface area contributed by atoms with Gasteiger partial charge in [-0.05, 0) is 24.3 Å². The molecule has 1 saturated heterocycles. The molecule has 0 unspecified atom stereocenters. The number of carbonyl (C=O) groups excluding carboxylic acids is 1. The summed E-state index contributed by atoms with van der Waals surface area (Å²) in [4.78, 5) is 23.9. The van der Waals surface area contributed by atoms with E-state index >= 15 is 4.39 Å². The lowest BCUT2D eigenvalue weighted by molar-refractivity contribution is -0.107. The van der Waals surface area contributed by atoms with Gasteiger partial charge in [0.05, 0.1) is 55.7 Å². The van der Waals surface area contributed by atoms with E-state index in [1.807, 2.05) is 6.07 Å². The van der Waals surface area contributed by atoms with E-state index in [4.69, 9.17) is 13.9 Å². The summed E-state index contributed by atoms with van der Waals surface area (Å²) < 4.78 is 56.7. The lowest BCUT2D eigenvalue weighted by atomic mass is 10.0. The highest BCUT2D eigenvalue weighted by Gasteiger charge is 2.20. The lowest BCUT2D eigenvalue weighted by Gasteiger charge is -2.28. The fourth-order valence-corrected chi connectivity index (χ4v) is 4.16. The summed E-state index contributed by atoms with van der Waals surface area (Å²) in [5.41, 5.74) is 2.66. The number of carbonyl (C=O) groups is 1. The van der Waals surface area contributed by atoms with Gasteiger partial charge in [0, 0.05) is 42.7 Å². The van der Waals surface area contributed by atoms with Crippen molar-refractivity contribution in [3.63, 3.8) is 0 Å². The Balaban J connectivity index is 1.38. The van der Waals surface area contributed by atoms with Gasteiger partial charge in [0.2, 0.25) is 12.3 Å². The number of morpholine rings is 1. The molecule has 1 aromatic carbocycles. The van der Waals surface area contributed by atoms with Crippen LogP contribution in [0.15, 0.2) is 53.3 Å². The van der Waals surface area contributed by atoms with Crippen molar-refractivity contribution in [1.29, 1.82) is 0 Å². The highest BCUT2D eigenvalue weighted by atomic mass is 19.3. The first-order chi connectivity index (χ1) is 19.0. The topological polar surface area (TPSA) is 107 Å². The van der Waals surface area contributed by atoms with Gasteiger partial charge in [-0.15, -0.1) is 10.2 Å². The van der Waals surface area contributed by atoms with Gasteiger partial charge in [0.15, 0.2) is 0 Å². The van der Waals surface area contributed by atoms with Crippen LogP contribution in [0.3, 0.4) is 0 Å². The van der Waals surface area contributed by atoms with Crippen LogP contribution in [-0.4, -0.2) is 60.0 Å². The number of hydrogen-bond acceptors (Lipinski definition) is 9. The monoisotopic (exact) mass is 540 g/mol. The molecule has 3 aromatic heterocycles. The summed E-state index contributed by atoms with van der Waals surface area (Å²) >= 11 is 0. The quantitative estimate of drug-likeness (QED) is 0.288. The molecule has 4 heterocycles. The van der Waals surface area contributed by atoms with Crippen molar-refractivity contribution < 1.29 is 31.9 Å². The molecule has 0 radical (unpaired) electrons. The second-order valence-corrected chi connectivity index (χ2v) is 8.55. The van der Waals surface area contributed by atoms with Gasteiger partial charge in [0.25, 0.3) is 5.89 Å². The molecule has 1 aliphatic heterocycles. The Labute approximate surface area is 221 Å². The molecule has 13 heteroatoms. The van der Waals surface area contributed by atoms with Crippen LogP contribution in [0.25, 0.3) is 22.6 Å². The number of aromatic nitrogens is 4. The van der Waals surface area contributed by atoms with Crippen LogP contribution in [0.5, 0.6) is 5.75 Å². The maximum absolute atomic E-state index is 15.4. The van der Waals surface area contributed by atoms with E-state index in [0.717, 1.165) is 5.69 Å². The predicted molar refractivity (Wildman–Crippen MR) is 134 cm³/mol. The van der Waals surface area contributed by atoms with Crippen LogP contribution in [0.2, 0.25) is 0 Å². The molecule has 4 aromatic rings. The van der Waals surface area contributed by atoms with Crippen molar-refractivity contribution in [2.24, 2.45) is 0 Å². The average Bonchev–Trinajstić information content (AvgIpc) is 3.48. The van der Waals surface area contributed by atoms with Gasteiger partial charge < -0.3 is 23.7 Å². The number of halogens is 3. The lowest BCUT2D eigenvalue weighted by Crippen LogP contribution is -2.36. The molecular formula is C26H23F3N6O4. The van der Waals surface area contributed by atoms with Crippen LogP contribution < -0.4 is 14.5 Å². The van der Waals surface area contributed by atoms with Gasteiger partial charge in [-0.25, -0.2) is 4.39 Å². The van der Waals surface area contributed by atoms with E-state index in [1.165, 1.54) is 30.3 Å². The SMILES string of the molecule is COc1cc(-c2cncc(N3CCOCC3)c2)c(F)cc1N(C=O)Cc1ccc(-c2nnc(C(F)F)o2)cn1. The fourth-order valence-electron chi connectivity index (χ4n) is 4.16. The summed E-state index contributed by atoms with van der Waals surface area (Å²) in [7, 11) is 1.43. The van der Waals surface area contributed by atoms with Gasteiger partial charge in [-0.1, -0.05) is 0 Å². The van der Waals surface area contributed by atoms with Gasteiger partial charge in [-0.3, -0.25) is 14.8 Å². The van der Waals surface area contributed by atoms with Gasteiger partial charge in [-0.2, -0.15) is 8.78 Å². The molecule has 0 aliphatic carbocycles. The van der Waals surface area contributed by atoms with E-state index in [9.17, 15) is 13.6 Å². The van der Waals surface area contributed by atoms with E-state index in [0.29, 0.717) is 49.5 Å².